The lowest BCUT2D eigenvalue weighted by molar-refractivity contribution is -0.131. The van der Waals surface area contributed by atoms with E-state index in [9.17, 15) is 30.7 Å². The van der Waals surface area contributed by atoms with Crippen LogP contribution in [0.3, 0.4) is 0 Å². The van der Waals surface area contributed by atoms with Crippen molar-refractivity contribution in [1.82, 2.24) is 4.58 Å². The number of aryl methyl sites for hydroxylation is 1. The second-order valence-corrected chi connectivity index (χ2v) is 12.5. The molecule has 0 fully saturated rings. The maximum absolute atomic E-state index is 12.5. The Labute approximate surface area is 224 Å². The molecule has 0 spiro atoms. The van der Waals surface area contributed by atoms with Crippen LogP contribution in [0.2, 0.25) is 0 Å². The van der Waals surface area contributed by atoms with E-state index in [0.29, 0.717) is 33.9 Å². The third-order valence-corrected chi connectivity index (χ3v) is 8.95. The van der Waals surface area contributed by atoms with Gasteiger partial charge in [0.05, 0.1) is 10.5 Å². The van der Waals surface area contributed by atoms with E-state index in [2.05, 4.69) is 4.58 Å². The molecule has 0 atom stereocenters. The first-order chi connectivity index (χ1) is 18.4. The summed E-state index contributed by atoms with van der Waals surface area (Å²) in [6.07, 6.45) is 3.40. The smallest absolute Gasteiger partial charge is 0.308 e. The molecule has 39 heavy (non-hydrogen) atoms. The molecule has 0 bridgehead atoms. The van der Waals surface area contributed by atoms with E-state index in [1.807, 2.05) is 6.07 Å². The summed E-state index contributed by atoms with van der Waals surface area (Å²) in [5.41, 5.74) is 2.89. The molecule has 0 radical (unpaired) electrons. The van der Waals surface area contributed by atoms with Crippen LogP contribution in [0.15, 0.2) is 52.3 Å². The van der Waals surface area contributed by atoms with E-state index in [1.54, 1.807) is 6.07 Å². The van der Waals surface area contributed by atoms with E-state index in [-0.39, 0.29) is 11.3 Å². The average Bonchev–Trinajstić information content (AvgIpc) is 2.86. The number of nitrogens with zero attached hydrogens (tertiary/aromatic N) is 1. The molecule has 3 aromatic carbocycles. The Morgan fingerprint density at radius 2 is 1.72 bits per heavy atom. The molecule has 0 aromatic heterocycles. The molecule has 0 saturated carbocycles. The van der Waals surface area contributed by atoms with Crippen molar-refractivity contribution in [3.8, 4) is 17.2 Å². The fourth-order valence-corrected chi connectivity index (χ4v) is 7.08. The Morgan fingerprint density at radius 3 is 2.41 bits per heavy atom. The van der Waals surface area contributed by atoms with Crippen molar-refractivity contribution in [2.45, 2.75) is 42.4 Å². The molecule has 1 N–H and O–H groups in total. The zero-order chi connectivity index (χ0) is 27.7. The van der Waals surface area contributed by atoms with E-state index in [4.69, 9.17) is 9.47 Å². The largest absolute Gasteiger partial charge is 0.744 e. The van der Waals surface area contributed by atoms with E-state index in [0.717, 1.165) is 61.3 Å². The highest BCUT2D eigenvalue weighted by atomic mass is 32.2. The SMILES string of the molecule is CC(=O)Oc1ccc2c(c1)Oc1c3c4c(cc1=C2c1ccc(S(=O)(=O)[O-])cc1S(=O)(=O)O)CCC[N+]=4CCC3. The molecule has 3 heterocycles. The zero-order valence-corrected chi connectivity index (χ0v) is 22.4. The summed E-state index contributed by atoms with van der Waals surface area (Å²) in [5, 5.41) is 1.69. The number of hydrogen-bond acceptors (Lipinski definition) is 8. The van der Waals surface area contributed by atoms with Gasteiger partial charge in [0.25, 0.3) is 10.1 Å². The molecule has 10 nitrogen and oxygen atoms in total. The van der Waals surface area contributed by atoms with Crippen LogP contribution in [0.5, 0.6) is 17.2 Å². The molecule has 0 saturated heterocycles. The fraction of sp³-hybridized carbons (Fsp3) is 0.259. The van der Waals surface area contributed by atoms with Gasteiger partial charge in [-0.15, -0.1) is 0 Å². The van der Waals surface area contributed by atoms with Crippen molar-refractivity contribution in [3.63, 3.8) is 0 Å². The van der Waals surface area contributed by atoms with Crippen LogP contribution in [-0.2, 0) is 37.9 Å². The van der Waals surface area contributed by atoms with Gasteiger partial charge in [-0.25, -0.2) is 13.0 Å². The van der Waals surface area contributed by atoms with Crippen LogP contribution in [0.25, 0.3) is 5.57 Å². The number of rotatable bonds is 4. The minimum atomic E-state index is -5.01. The Morgan fingerprint density at radius 1 is 1.00 bits per heavy atom. The predicted octanol–water partition coefficient (Wildman–Crippen LogP) is 1.50. The number of fused-ring (bicyclic) bond motifs is 3. The molecule has 0 amide bonds. The number of carbonyl (C=O) groups is 1. The van der Waals surface area contributed by atoms with Crippen LogP contribution >= 0.6 is 0 Å². The Balaban J connectivity index is 1.76. The van der Waals surface area contributed by atoms with Crippen molar-refractivity contribution >= 4 is 31.8 Å². The van der Waals surface area contributed by atoms with Gasteiger partial charge in [-0.3, -0.25) is 9.35 Å². The van der Waals surface area contributed by atoms with Crippen molar-refractivity contribution < 1.29 is 40.2 Å². The highest BCUT2D eigenvalue weighted by molar-refractivity contribution is 7.86. The normalized spacial score (nSPS) is 16.1. The molecular weight excluding hydrogens is 546 g/mol. The van der Waals surface area contributed by atoms with Gasteiger partial charge in [-0.05, 0) is 43.2 Å². The minimum absolute atomic E-state index is 0.00608. The summed E-state index contributed by atoms with van der Waals surface area (Å²) in [7, 11) is -9.97. The summed E-state index contributed by atoms with van der Waals surface area (Å²) in [6, 6.07) is 9.51. The topological polar surface area (TPSA) is 150 Å². The number of hydrogen-bond donors (Lipinski definition) is 1. The van der Waals surface area contributed by atoms with Gasteiger partial charge in [0.15, 0.2) is 0 Å². The lowest BCUT2D eigenvalue weighted by Crippen LogP contribution is -2.45. The molecule has 3 aliphatic heterocycles. The van der Waals surface area contributed by atoms with Crippen molar-refractivity contribution in [2.24, 2.45) is 0 Å². The minimum Gasteiger partial charge on any atom is -0.744 e. The van der Waals surface area contributed by atoms with Gasteiger partial charge in [-0.2, -0.15) is 8.42 Å². The van der Waals surface area contributed by atoms with Crippen LogP contribution in [0, 0.1) is 0 Å². The molecule has 0 aliphatic carbocycles. The third-order valence-electron chi connectivity index (χ3n) is 7.23. The van der Waals surface area contributed by atoms with Crippen LogP contribution in [0.4, 0.5) is 0 Å². The number of benzene rings is 3. The van der Waals surface area contributed by atoms with E-state index < -0.39 is 36.0 Å². The van der Waals surface area contributed by atoms with Crippen LogP contribution in [-0.4, -0.2) is 45.0 Å². The monoisotopic (exact) mass is 569 g/mol. The fourth-order valence-electron chi connectivity index (χ4n) is 5.78. The molecule has 3 aliphatic rings. The first kappa shape index (κ1) is 25.7. The summed E-state index contributed by atoms with van der Waals surface area (Å²) < 4.78 is 84.3. The third kappa shape index (κ3) is 4.42. The van der Waals surface area contributed by atoms with Crippen molar-refractivity contribution in [2.75, 3.05) is 13.1 Å². The van der Waals surface area contributed by atoms with Crippen LogP contribution < -0.4 is 24.6 Å². The predicted molar refractivity (Wildman–Crippen MR) is 137 cm³/mol. The molecule has 6 rings (SSSR count). The van der Waals surface area contributed by atoms with Gasteiger partial charge in [0.2, 0.25) is 5.36 Å². The molecular formula is C27H23NO9S2. The molecule has 0 unspecified atom stereocenters. The number of ether oxygens (including phenoxy) is 2. The van der Waals surface area contributed by atoms with Gasteiger partial charge >= 0.3 is 5.97 Å². The standard InChI is InChI=1S/C27H23NO9S2/c1-15(29)36-17-6-8-19-23(13-17)37-27-21-5-3-11-28-10-2-4-16(26(21)28)12-22(27)25(19)20-9-7-18(38(30,31)32)14-24(20)39(33,34)35/h6-9,12-14H,2-5,10-11H2,1H3,(H-,30,31,32,33,34,35). The van der Waals surface area contributed by atoms with Crippen molar-refractivity contribution in [1.29, 1.82) is 0 Å². The van der Waals surface area contributed by atoms with Gasteiger partial charge < -0.3 is 14.0 Å². The second-order valence-electron chi connectivity index (χ2n) is 9.75. The summed E-state index contributed by atoms with van der Waals surface area (Å²) in [4.78, 5) is 10.1. The van der Waals surface area contributed by atoms with Crippen molar-refractivity contribution in [3.05, 3.63) is 75.3 Å². The highest BCUT2D eigenvalue weighted by Crippen LogP contribution is 2.41. The Bertz CT molecular complexity index is 1940. The zero-order valence-electron chi connectivity index (χ0n) is 20.8. The second kappa shape index (κ2) is 8.98. The lowest BCUT2D eigenvalue weighted by atomic mass is 9.87. The summed E-state index contributed by atoms with van der Waals surface area (Å²) >= 11 is 0. The molecule has 202 valence electrons. The van der Waals surface area contributed by atoms with E-state index in [1.165, 1.54) is 25.1 Å². The highest BCUT2D eigenvalue weighted by Gasteiger charge is 2.33. The Hall–Kier alpha value is -3.58. The number of carbonyl (C=O) groups excluding carboxylic acids is 1. The van der Waals surface area contributed by atoms with E-state index >= 15 is 0 Å². The van der Waals surface area contributed by atoms with Crippen LogP contribution in [0.1, 0.15) is 42.0 Å². The Kier molecular flexibility index (Phi) is 5.92. The maximum Gasteiger partial charge on any atom is 0.308 e. The molecule has 3 aromatic rings. The summed E-state index contributed by atoms with van der Waals surface area (Å²) in [6.45, 7) is 3.10. The lowest BCUT2D eigenvalue weighted by Gasteiger charge is -2.27. The first-order valence-electron chi connectivity index (χ1n) is 12.3. The quantitative estimate of drug-likeness (QED) is 0.167. The number of esters is 1. The first-order valence-corrected chi connectivity index (χ1v) is 15.2. The van der Waals surface area contributed by atoms with Gasteiger partial charge in [0, 0.05) is 53.3 Å². The average molecular weight is 570 g/mol. The summed E-state index contributed by atoms with van der Waals surface area (Å²) in [5.74, 6) is 0.505. The van der Waals surface area contributed by atoms with Gasteiger partial charge in [-0.1, -0.05) is 6.07 Å². The maximum atomic E-state index is 12.5. The van der Waals surface area contributed by atoms with Gasteiger partial charge in [0.1, 0.15) is 45.4 Å². The molecule has 12 heteroatoms.